The monoisotopic (exact) mass is 276 g/mol. The molecule has 1 aromatic rings. The Bertz CT molecular complexity index is 471. The standard InChI is InChI=1S/C11H15F3N4O/c1-6(2)17-18-7(3)8-4-9(10(15)16-5-8)19-11(12,13)14/h4-6,17H,1-3H3,(H2,15,16)/b18-7+. The summed E-state index contributed by atoms with van der Waals surface area (Å²) in [6.45, 7) is 5.41. The number of halogens is 3. The van der Waals surface area contributed by atoms with Gasteiger partial charge in [-0.2, -0.15) is 5.10 Å². The third-order valence-electron chi connectivity index (χ3n) is 2.02. The number of nitrogens with zero attached hydrogens (tertiary/aromatic N) is 2. The smallest absolute Gasteiger partial charge is 0.402 e. The number of rotatable bonds is 4. The lowest BCUT2D eigenvalue weighted by atomic mass is 10.2. The topological polar surface area (TPSA) is 72.5 Å². The molecule has 0 aliphatic carbocycles. The van der Waals surface area contributed by atoms with Gasteiger partial charge >= 0.3 is 6.36 Å². The Kier molecular flexibility index (Phi) is 4.57. The van der Waals surface area contributed by atoms with Crippen molar-refractivity contribution in [1.29, 1.82) is 0 Å². The fourth-order valence-electron chi connectivity index (χ4n) is 1.15. The van der Waals surface area contributed by atoms with Crippen LogP contribution in [0, 0.1) is 0 Å². The van der Waals surface area contributed by atoms with E-state index in [1.54, 1.807) is 6.92 Å². The van der Waals surface area contributed by atoms with E-state index < -0.39 is 12.1 Å². The van der Waals surface area contributed by atoms with Gasteiger partial charge < -0.3 is 15.9 Å². The lowest BCUT2D eigenvalue weighted by molar-refractivity contribution is -0.274. The zero-order valence-corrected chi connectivity index (χ0v) is 10.7. The summed E-state index contributed by atoms with van der Waals surface area (Å²) < 4.78 is 40.3. The van der Waals surface area contributed by atoms with E-state index in [1.165, 1.54) is 6.20 Å². The Labute approximate surface area is 108 Å². The number of ether oxygens (including phenoxy) is 1. The fraction of sp³-hybridized carbons (Fsp3) is 0.455. The van der Waals surface area contributed by atoms with Crippen molar-refractivity contribution < 1.29 is 17.9 Å². The average Bonchev–Trinajstić information content (AvgIpc) is 2.27. The lowest BCUT2D eigenvalue weighted by Gasteiger charge is -2.12. The van der Waals surface area contributed by atoms with Crippen LogP contribution in [0.4, 0.5) is 19.0 Å². The fourth-order valence-corrected chi connectivity index (χ4v) is 1.15. The summed E-state index contributed by atoms with van der Waals surface area (Å²) in [6.07, 6.45) is -3.48. The first kappa shape index (κ1) is 15.1. The van der Waals surface area contributed by atoms with Gasteiger partial charge in [-0.15, -0.1) is 13.2 Å². The van der Waals surface area contributed by atoms with Crippen LogP contribution in [0.1, 0.15) is 26.3 Å². The van der Waals surface area contributed by atoms with Crippen molar-refractivity contribution in [3.05, 3.63) is 17.8 Å². The van der Waals surface area contributed by atoms with Crippen molar-refractivity contribution >= 4 is 11.5 Å². The van der Waals surface area contributed by atoms with Gasteiger partial charge in [-0.25, -0.2) is 4.98 Å². The molecule has 106 valence electrons. The summed E-state index contributed by atoms with van der Waals surface area (Å²) in [7, 11) is 0. The molecular weight excluding hydrogens is 261 g/mol. The predicted molar refractivity (Wildman–Crippen MR) is 65.8 cm³/mol. The van der Waals surface area contributed by atoms with E-state index >= 15 is 0 Å². The van der Waals surface area contributed by atoms with Crippen molar-refractivity contribution in [2.45, 2.75) is 33.2 Å². The van der Waals surface area contributed by atoms with Gasteiger partial charge in [0.2, 0.25) is 0 Å². The SMILES string of the molecule is C/C(=N\NC(C)C)c1cnc(N)c(OC(F)(F)F)c1. The van der Waals surface area contributed by atoms with E-state index in [1.807, 2.05) is 13.8 Å². The second-order valence-electron chi connectivity index (χ2n) is 4.14. The highest BCUT2D eigenvalue weighted by Gasteiger charge is 2.32. The Hall–Kier alpha value is -1.99. The zero-order chi connectivity index (χ0) is 14.6. The maximum atomic E-state index is 12.2. The minimum Gasteiger partial charge on any atom is -0.402 e. The Morgan fingerprint density at radius 3 is 2.63 bits per heavy atom. The van der Waals surface area contributed by atoms with Gasteiger partial charge in [0.05, 0.1) is 5.71 Å². The number of alkyl halides is 3. The molecule has 0 saturated carbocycles. The highest BCUT2D eigenvalue weighted by atomic mass is 19.4. The molecule has 0 fully saturated rings. The largest absolute Gasteiger partial charge is 0.573 e. The predicted octanol–water partition coefficient (Wildman–Crippen LogP) is 2.28. The lowest BCUT2D eigenvalue weighted by Crippen LogP contribution is -2.20. The molecule has 19 heavy (non-hydrogen) atoms. The van der Waals surface area contributed by atoms with E-state index in [9.17, 15) is 13.2 Å². The maximum Gasteiger partial charge on any atom is 0.573 e. The van der Waals surface area contributed by atoms with Crippen molar-refractivity contribution in [2.24, 2.45) is 5.10 Å². The van der Waals surface area contributed by atoms with Crippen LogP contribution in [0.25, 0.3) is 0 Å². The molecule has 0 unspecified atom stereocenters. The molecule has 0 amide bonds. The van der Waals surface area contributed by atoms with Crippen LogP contribution in [0.3, 0.4) is 0 Å². The molecule has 0 atom stereocenters. The number of pyridine rings is 1. The molecule has 0 spiro atoms. The molecule has 1 heterocycles. The van der Waals surface area contributed by atoms with Crippen LogP contribution in [0.2, 0.25) is 0 Å². The number of hydrogen-bond donors (Lipinski definition) is 2. The van der Waals surface area contributed by atoms with E-state index in [-0.39, 0.29) is 11.9 Å². The number of hydrogen-bond acceptors (Lipinski definition) is 5. The average molecular weight is 276 g/mol. The zero-order valence-electron chi connectivity index (χ0n) is 10.7. The number of anilines is 1. The van der Waals surface area contributed by atoms with Gasteiger partial charge in [-0.3, -0.25) is 0 Å². The van der Waals surface area contributed by atoms with Gasteiger partial charge in [-0.1, -0.05) is 0 Å². The minimum absolute atomic E-state index is 0.114. The van der Waals surface area contributed by atoms with Gasteiger partial charge in [0.1, 0.15) is 0 Å². The Morgan fingerprint density at radius 1 is 1.47 bits per heavy atom. The number of aromatic nitrogens is 1. The molecular formula is C11H15F3N4O. The summed E-state index contributed by atoms with van der Waals surface area (Å²) in [5.74, 6) is -0.866. The number of nitrogen functional groups attached to an aromatic ring is 1. The molecule has 3 N–H and O–H groups in total. The van der Waals surface area contributed by atoms with Gasteiger partial charge in [-0.05, 0) is 26.8 Å². The number of hydrazone groups is 1. The van der Waals surface area contributed by atoms with E-state index in [0.29, 0.717) is 11.3 Å². The summed E-state index contributed by atoms with van der Waals surface area (Å²) in [5.41, 5.74) is 8.99. The van der Waals surface area contributed by atoms with E-state index in [2.05, 4.69) is 20.2 Å². The van der Waals surface area contributed by atoms with Crippen LogP contribution in [0.5, 0.6) is 5.75 Å². The quantitative estimate of drug-likeness (QED) is 0.653. The minimum atomic E-state index is -4.81. The molecule has 5 nitrogen and oxygen atoms in total. The Balaban J connectivity index is 2.98. The molecule has 0 radical (unpaired) electrons. The summed E-state index contributed by atoms with van der Waals surface area (Å²) in [5, 5.41) is 4.01. The maximum absolute atomic E-state index is 12.2. The molecule has 0 bridgehead atoms. The van der Waals surface area contributed by atoms with Crippen LogP contribution in [0.15, 0.2) is 17.4 Å². The van der Waals surface area contributed by atoms with E-state index in [4.69, 9.17) is 5.73 Å². The molecule has 0 aromatic carbocycles. The third kappa shape index (κ3) is 5.02. The normalized spacial score (nSPS) is 12.7. The van der Waals surface area contributed by atoms with Crippen molar-refractivity contribution in [1.82, 2.24) is 10.4 Å². The summed E-state index contributed by atoms with van der Waals surface area (Å²) >= 11 is 0. The first-order valence-electron chi connectivity index (χ1n) is 5.50. The molecule has 0 aliphatic rings. The molecule has 8 heteroatoms. The molecule has 0 aliphatic heterocycles. The second-order valence-corrected chi connectivity index (χ2v) is 4.14. The van der Waals surface area contributed by atoms with Crippen LogP contribution >= 0.6 is 0 Å². The van der Waals surface area contributed by atoms with Gasteiger partial charge in [0.25, 0.3) is 0 Å². The highest BCUT2D eigenvalue weighted by molar-refractivity contribution is 5.98. The summed E-state index contributed by atoms with van der Waals surface area (Å²) in [4.78, 5) is 3.66. The van der Waals surface area contributed by atoms with Crippen molar-refractivity contribution in [3.8, 4) is 5.75 Å². The molecule has 1 aromatic heterocycles. The second kappa shape index (κ2) is 5.77. The first-order valence-corrected chi connectivity index (χ1v) is 5.50. The third-order valence-corrected chi connectivity index (χ3v) is 2.02. The Morgan fingerprint density at radius 2 is 2.11 bits per heavy atom. The van der Waals surface area contributed by atoms with Gasteiger partial charge in [0, 0.05) is 17.8 Å². The number of nitrogens with two attached hydrogens (primary N) is 1. The highest BCUT2D eigenvalue weighted by Crippen LogP contribution is 2.27. The summed E-state index contributed by atoms with van der Waals surface area (Å²) in [6, 6.07) is 1.26. The van der Waals surface area contributed by atoms with Crippen molar-refractivity contribution in [3.63, 3.8) is 0 Å². The van der Waals surface area contributed by atoms with Crippen LogP contribution in [-0.2, 0) is 0 Å². The van der Waals surface area contributed by atoms with Gasteiger partial charge in [0.15, 0.2) is 11.6 Å². The van der Waals surface area contributed by atoms with Crippen LogP contribution in [-0.4, -0.2) is 23.1 Å². The van der Waals surface area contributed by atoms with E-state index in [0.717, 1.165) is 6.07 Å². The van der Waals surface area contributed by atoms with Crippen molar-refractivity contribution in [2.75, 3.05) is 5.73 Å². The first-order chi connectivity index (χ1) is 8.69. The number of nitrogens with one attached hydrogen (secondary N) is 1. The van der Waals surface area contributed by atoms with Crippen LogP contribution < -0.4 is 15.9 Å². The molecule has 1 rings (SSSR count). The molecule has 0 saturated heterocycles.